The van der Waals surface area contributed by atoms with Gasteiger partial charge in [-0.2, -0.15) is 5.10 Å². The fraction of sp³-hybridized carbons (Fsp3) is 0.467. The molecule has 39 heavy (non-hydrogen) atoms. The van der Waals surface area contributed by atoms with Crippen LogP contribution >= 0.6 is 11.6 Å². The lowest BCUT2D eigenvalue weighted by Gasteiger charge is -2.36. The van der Waals surface area contributed by atoms with Gasteiger partial charge >= 0.3 is 0 Å². The Balaban J connectivity index is 1.24. The van der Waals surface area contributed by atoms with Crippen LogP contribution in [0, 0.1) is 6.92 Å². The number of nitrogens with zero attached hydrogens (tertiary/aromatic N) is 5. The lowest BCUT2D eigenvalue weighted by Crippen LogP contribution is -2.48. The van der Waals surface area contributed by atoms with Gasteiger partial charge in [0.1, 0.15) is 5.75 Å². The van der Waals surface area contributed by atoms with Crippen molar-refractivity contribution in [1.29, 1.82) is 0 Å². The Morgan fingerprint density at radius 1 is 1.08 bits per heavy atom. The van der Waals surface area contributed by atoms with Gasteiger partial charge in [0.05, 0.1) is 25.5 Å². The Hall–Kier alpha value is -2.91. The molecule has 1 aromatic heterocycles. The molecule has 3 aromatic rings. The number of hydrogen-bond acceptors (Lipinski definition) is 6. The number of halogens is 1. The van der Waals surface area contributed by atoms with Gasteiger partial charge in [-0.15, -0.1) is 0 Å². The van der Waals surface area contributed by atoms with Gasteiger partial charge in [-0.3, -0.25) is 19.3 Å². The molecule has 3 heterocycles. The predicted molar refractivity (Wildman–Crippen MR) is 153 cm³/mol. The molecule has 0 saturated carbocycles. The van der Waals surface area contributed by atoms with Crippen LogP contribution in [0.1, 0.15) is 29.3 Å². The van der Waals surface area contributed by atoms with E-state index in [0.29, 0.717) is 26.2 Å². The summed E-state index contributed by atoms with van der Waals surface area (Å²) in [7, 11) is 1.72. The van der Waals surface area contributed by atoms with E-state index in [1.165, 1.54) is 5.56 Å². The molecule has 2 aliphatic heterocycles. The number of para-hydroxylation sites is 1. The second-order valence-corrected chi connectivity index (χ2v) is 11.1. The van der Waals surface area contributed by atoms with Crippen LogP contribution < -0.4 is 4.74 Å². The molecule has 1 atom stereocenters. The first-order valence-corrected chi connectivity index (χ1v) is 14.1. The average molecular weight is 552 g/mol. The summed E-state index contributed by atoms with van der Waals surface area (Å²) in [6, 6.07) is 14.1. The van der Waals surface area contributed by atoms with Crippen molar-refractivity contribution in [3.8, 4) is 17.0 Å². The van der Waals surface area contributed by atoms with Crippen LogP contribution in [-0.2, 0) is 30.8 Å². The van der Waals surface area contributed by atoms with Gasteiger partial charge in [0, 0.05) is 93.1 Å². The van der Waals surface area contributed by atoms with Crippen LogP contribution in [0.3, 0.4) is 0 Å². The lowest BCUT2D eigenvalue weighted by molar-refractivity contribution is -0.129. The number of β-amino-alcohol motifs (C(OH)–C–C–N with tert-alkyl or cyclic N) is 1. The minimum Gasteiger partial charge on any atom is -0.496 e. The third-order valence-electron chi connectivity index (χ3n) is 7.91. The first kappa shape index (κ1) is 27.6. The van der Waals surface area contributed by atoms with Gasteiger partial charge < -0.3 is 14.7 Å². The number of methoxy groups -OCH3 is 1. The molecule has 0 spiro atoms. The molecule has 2 aliphatic rings. The third-order valence-corrected chi connectivity index (χ3v) is 8.34. The molecule has 5 rings (SSSR count). The highest BCUT2D eigenvalue weighted by Crippen LogP contribution is 2.32. The number of amides is 1. The number of benzene rings is 2. The quantitative estimate of drug-likeness (QED) is 0.461. The zero-order valence-corrected chi connectivity index (χ0v) is 23.8. The number of aliphatic hydroxyl groups is 1. The first-order chi connectivity index (χ1) is 18.8. The van der Waals surface area contributed by atoms with Crippen LogP contribution in [0.2, 0.25) is 5.02 Å². The molecule has 1 saturated heterocycles. The number of aryl methyl sites for hydroxylation is 1. The Labute approximate surface area is 235 Å². The molecule has 208 valence electrons. The molecule has 1 N–H and O–H groups in total. The van der Waals surface area contributed by atoms with E-state index in [1.807, 2.05) is 46.8 Å². The molecule has 0 radical (unpaired) electrons. The highest BCUT2D eigenvalue weighted by molar-refractivity contribution is 6.31. The van der Waals surface area contributed by atoms with E-state index in [2.05, 4.69) is 21.9 Å². The number of piperazine rings is 1. The molecule has 0 aliphatic carbocycles. The van der Waals surface area contributed by atoms with E-state index in [4.69, 9.17) is 21.4 Å². The Morgan fingerprint density at radius 3 is 2.54 bits per heavy atom. The number of ether oxygens (including phenoxy) is 1. The van der Waals surface area contributed by atoms with Crippen LogP contribution in [0.15, 0.2) is 42.5 Å². The second kappa shape index (κ2) is 12.1. The summed E-state index contributed by atoms with van der Waals surface area (Å²) in [5.74, 6) is 0.994. The normalized spacial score (nSPS) is 17.2. The van der Waals surface area contributed by atoms with Crippen molar-refractivity contribution < 1.29 is 14.6 Å². The van der Waals surface area contributed by atoms with Crippen molar-refractivity contribution in [3.05, 3.63) is 69.9 Å². The summed E-state index contributed by atoms with van der Waals surface area (Å²) >= 11 is 6.28. The molecule has 9 heteroatoms. The number of aromatic nitrogens is 2. The van der Waals surface area contributed by atoms with Gasteiger partial charge in [0.25, 0.3) is 0 Å². The standard InChI is InChI=1S/C30H38ClN5O3/c1-21-16-23(8-9-27(21)31)30-26-20-35(22(2)37)11-10-28(26)36(32-30)19-25(38)18-34-14-12-33(13-15-34)17-24-6-4-5-7-29(24)39-3/h4-9,16,25,38H,10-15,17-20H2,1-3H3. The summed E-state index contributed by atoms with van der Waals surface area (Å²) in [5, 5.41) is 16.8. The molecule has 1 fully saturated rings. The van der Waals surface area contributed by atoms with Crippen molar-refractivity contribution in [2.75, 3.05) is 46.4 Å². The summed E-state index contributed by atoms with van der Waals surface area (Å²) in [5.41, 5.74) is 6.21. The van der Waals surface area contributed by atoms with Crippen LogP contribution in [0.5, 0.6) is 5.75 Å². The lowest BCUT2D eigenvalue weighted by atomic mass is 9.99. The largest absolute Gasteiger partial charge is 0.496 e. The molecular weight excluding hydrogens is 514 g/mol. The van der Waals surface area contributed by atoms with Gasteiger partial charge in [-0.1, -0.05) is 35.9 Å². The van der Waals surface area contributed by atoms with E-state index >= 15 is 0 Å². The molecular formula is C30H38ClN5O3. The number of carbonyl (C=O) groups is 1. The van der Waals surface area contributed by atoms with E-state index < -0.39 is 6.10 Å². The van der Waals surface area contributed by atoms with Crippen LogP contribution in [0.25, 0.3) is 11.3 Å². The van der Waals surface area contributed by atoms with E-state index in [1.54, 1.807) is 14.0 Å². The van der Waals surface area contributed by atoms with Crippen LogP contribution in [-0.4, -0.2) is 88.0 Å². The number of rotatable bonds is 8. The highest BCUT2D eigenvalue weighted by Gasteiger charge is 2.28. The van der Waals surface area contributed by atoms with Crippen molar-refractivity contribution in [1.82, 2.24) is 24.5 Å². The zero-order chi connectivity index (χ0) is 27.5. The Kier molecular flexibility index (Phi) is 8.57. The summed E-state index contributed by atoms with van der Waals surface area (Å²) in [4.78, 5) is 18.8. The van der Waals surface area contributed by atoms with Gasteiger partial charge in [0.15, 0.2) is 0 Å². The van der Waals surface area contributed by atoms with Gasteiger partial charge in [0.2, 0.25) is 5.91 Å². The monoisotopic (exact) mass is 551 g/mol. The van der Waals surface area contributed by atoms with E-state index in [0.717, 1.165) is 78.0 Å². The summed E-state index contributed by atoms with van der Waals surface area (Å²) in [6.07, 6.45) is 0.184. The third kappa shape index (κ3) is 6.30. The fourth-order valence-corrected chi connectivity index (χ4v) is 5.81. The first-order valence-electron chi connectivity index (χ1n) is 13.7. The molecule has 8 nitrogen and oxygen atoms in total. The van der Waals surface area contributed by atoms with Crippen molar-refractivity contribution in [2.24, 2.45) is 0 Å². The van der Waals surface area contributed by atoms with Gasteiger partial charge in [-0.25, -0.2) is 0 Å². The van der Waals surface area contributed by atoms with E-state index in [-0.39, 0.29) is 5.91 Å². The molecule has 1 unspecified atom stereocenters. The van der Waals surface area contributed by atoms with Crippen molar-refractivity contribution >= 4 is 17.5 Å². The number of hydrogen-bond donors (Lipinski definition) is 1. The fourth-order valence-electron chi connectivity index (χ4n) is 5.69. The predicted octanol–water partition coefficient (Wildman–Crippen LogP) is 3.60. The molecule has 0 bridgehead atoms. The number of aliphatic hydroxyl groups excluding tert-OH is 1. The van der Waals surface area contributed by atoms with Crippen molar-refractivity contribution in [3.63, 3.8) is 0 Å². The molecule has 2 aromatic carbocycles. The average Bonchev–Trinajstić information content (AvgIpc) is 3.29. The van der Waals surface area contributed by atoms with Crippen molar-refractivity contribution in [2.45, 2.75) is 46.0 Å². The Bertz CT molecular complexity index is 1320. The highest BCUT2D eigenvalue weighted by atomic mass is 35.5. The number of fused-ring (bicyclic) bond motifs is 1. The maximum atomic E-state index is 12.1. The second-order valence-electron chi connectivity index (χ2n) is 10.7. The van der Waals surface area contributed by atoms with Gasteiger partial charge in [-0.05, 0) is 30.7 Å². The SMILES string of the molecule is COc1ccccc1CN1CCN(CC(O)Cn2nc(-c3ccc(Cl)c(C)c3)c3c2CCN(C(C)=O)C3)CC1. The zero-order valence-electron chi connectivity index (χ0n) is 23.1. The topological polar surface area (TPSA) is 74.1 Å². The minimum absolute atomic E-state index is 0.0662. The molecule has 1 amide bonds. The number of carbonyl (C=O) groups excluding carboxylic acids is 1. The van der Waals surface area contributed by atoms with E-state index in [9.17, 15) is 9.90 Å². The minimum atomic E-state index is -0.541. The smallest absolute Gasteiger partial charge is 0.219 e. The van der Waals surface area contributed by atoms with Crippen LogP contribution in [0.4, 0.5) is 0 Å². The summed E-state index contributed by atoms with van der Waals surface area (Å²) in [6.45, 7) is 10.4. The maximum absolute atomic E-state index is 12.1. The maximum Gasteiger partial charge on any atom is 0.219 e. The Morgan fingerprint density at radius 2 is 1.82 bits per heavy atom. The summed E-state index contributed by atoms with van der Waals surface area (Å²) < 4.78 is 7.48.